The van der Waals surface area contributed by atoms with Gasteiger partial charge in [-0.25, -0.2) is 0 Å². The van der Waals surface area contributed by atoms with Crippen molar-refractivity contribution in [3.8, 4) is 11.1 Å². The van der Waals surface area contributed by atoms with Crippen LogP contribution < -0.4 is 5.56 Å². The third-order valence-corrected chi connectivity index (χ3v) is 4.15. The van der Waals surface area contributed by atoms with Crippen molar-refractivity contribution < 1.29 is 0 Å². The summed E-state index contributed by atoms with van der Waals surface area (Å²) < 4.78 is 1.83. The van der Waals surface area contributed by atoms with Gasteiger partial charge in [0.2, 0.25) is 0 Å². The van der Waals surface area contributed by atoms with E-state index in [0.29, 0.717) is 5.39 Å². The average Bonchev–Trinajstić information content (AvgIpc) is 3.05. The predicted molar refractivity (Wildman–Crippen MR) is 98.7 cm³/mol. The fraction of sp³-hybridized carbons (Fsp3) is 0.167. The van der Waals surface area contributed by atoms with Crippen LogP contribution in [0.15, 0.2) is 53.7 Å². The highest BCUT2D eigenvalue weighted by molar-refractivity contribution is 6.04. The van der Waals surface area contributed by atoms with E-state index < -0.39 is 0 Å². The number of hydrogen-bond donors (Lipinski definition) is 1. The van der Waals surface area contributed by atoms with Crippen LogP contribution in [-0.4, -0.2) is 19.7 Å². The van der Waals surface area contributed by atoms with E-state index in [9.17, 15) is 4.79 Å². The molecule has 122 valence electrons. The molecule has 0 aliphatic rings. The largest absolute Gasteiger partial charge is 0.305 e. The minimum Gasteiger partial charge on any atom is -0.305 e. The zero-order valence-electron chi connectivity index (χ0n) is 13.4. The zero-order chi connectivity index (χ0) is 16.0. The van der Waals surface area contributed by atoms with Crippen molar-refractivity contribution in [2.75, 3.05) is 0 Å². The first-order valence-electron chi connectivity index (χ1n) is 7.58. The molecule has 0 unspecified atom stereocenters. The third-order valence-electron chi connectivity index (χ3n) is 4.15. The highest BCUT2D eigenvalue weighted by atomic mass is 35.5. The second kappa shape index (κ2) is 6.09. The molecule has 1 N–H and O–H groups in total. The van der Waals surface area contributed by atoms with Crippen molar-refractivity contribution >= 4 is 34.2 Å². The first-order valence-corrected chi connectivity index (χ1v) is 7.58. The maximum Gasteiger partial charge on any atom is 0.262 e. The summed E-state index contributed by atoms with van der Waals surface area (Å²) in [5.41, 5.74) is 3.84. The molecule has 0 bridgehead atoms. The fourth-order valence-corrected chi connectivity index (χ4v) is 3.07. The molecule has 0 spiro atoms. The maximum absolute atomic E-state index is 12.8. The molecule has 4 rings (SSSR count). The number of hydrogen-bond acceptors (Lipinski definition) is 3. The summed E-state index contributed by atoms with van der Waals surface area (Å²) in [7, 11) is 0. The molecule has 0 saturated heterocycles. The molecule has 0 radical (unpaired) electrons. The van der Waals surface area contributed by atoms with Gasteiger partial charge in [0.1, 0.15) is 0 Å². The minimum absolute atomic E-state index is 0. The Balaban J connectivity index is 0.00000169. The lowest BCUT2D eigenvalue weighted by atomic mass is 10.0. The molecule has 4 aromatic rings. The van der Waals surface area contributed by atoms with Crippen LogP contribution in [0.3, 0.4) is 0 Å². The van der Waals surface area contributed by atoms with Gasteiger partial charge in [0, 0.05) is 23.8 Å². The SMILES string of the molecule is CC(C)n1c(=O)c2cn[nH]c2c2ccc(-c3ccncc3)cc21.Cl. The van der Waals surface area contributed by atoms with Gasteiger partial charge in [0.25, 0.3) is 5.56 Å². The smallest absolute Gasteiger partial charge is 0.262 e. The Labute approximate surface area is 144 Å². The lowest BCUT2D eigenvalue weighted by Gasteiger charge is -2.15. The second-order valence-electron chi connectivity index (χ2n) is 5.90. The number of fused-ring (bicyclic) bond motifs is 3. The van der Waals surface area contributed by atoms with Gasteiger partial charge < -0.3 is 4.57 Å². The molecule has 3 heterocycles. The topological polar surface area (TPSA) is 63.6 Å². The van der Waals surface area contributed by atoms with Crippen LogP contribution in [0.1, 0.15) is 19.9 Å². The molecule has 0 amide bonds. The number of aromatic nitrogens is 4. The number of halogens is 1. The van der Waals surface area contributed by atoms with Gasteiger partial charge in [-0.3, -0.25) is 14.9 Å². The summed E-state index contributed by atoms with van der Waals surface area (Å²) in [6, 6.07) is 10.2. The molecule has 0 aliphatic heterocycles. The van der Waals surface area contributed by atoms with E-state index in [1.54, 1.807) is 18.6 Å². The third kappa shape index (κ3) is 2.37. The minimum atomic E-state index is -0.0110. The Morgan fingerprint density at radius 2 is 1.79 bits per heavy atom. The van der Waals surface area contributed by atoms with E-state index in [1.807, 2.05) is 36.6 Å². The van der Waals surface area contributed by atoms with Crippen LogP contribution in [0, 0.1) is 0 Å². The molecule has 0 atom stereocenters. The summed E-state index contributed by atoms with van der Waals surface area (Å²) in [6.45, 7) is 4.04. The molecule has 1 aromatic carbocycles. The van der Waals surface area contributed by atoms with Crippen LogP contribution >= 0.6 is 12.4 Å². The summed E-state index contributed by atoms with van der Waals surface area (Å²) >= 11 is 0. The standard InChI is InChI=1S/C18H16N4O.ClH/c1-11(2)22-16-9-13(12-5-7-19-8-6-12)3-4-14(16)17-15(18(22)23)10-20-21-17;/h3-11H,1-2H3,(H,20,21);1H. The van der Waals surface area contributed by atoms with Gasteiger partial charge in [-0.05, 0) is 43.2 Å². The lowest BCUT2D eigenvalue weighted by molar-refractivity contribution is 0.604. The quantitative estimate of drug-likeness (QED) is 0.601. The number of nitrogens with zero attached hydrogens (tertiary/aromatic N) is 3. The number of benzene rings is 1. The maximum atomic E-state index is 12.8. The van der Waals surface area contributed by atoms with Crippen molar-refractivity contribution in [1.82, 2.24) is 19.7 Å². The van der Waals surface area contributed by atoms with E-state index in [1.165, 1.54) is 0 Å². The summed E-state index contributed by atoms with van der Waals surface area (Å²) in [4.78, 5) is 16.8. The second-order valence-corrected chi connectivity index (χ2v) is 5.90. The highest BCUT2D eigenvalue weighted by Gasteiger charge is 2.15. The molecular weight excluding hydrogens is 324 g/mol. The molecular formula is C18H17ClN4O. The molecule has 0 fully saturated rings. The molecule has 24 heavy (non-hydrogen) atoms. The first-order chi connectivity index (χ1) is 11.2. The van der Waals surface area contributed by atoms with E-state index >= 15 is 0 Å². The van der Waals surface area contributed by atoms with E-state index in [4.69, 9.17) is 0 Å². The number of pyridine rings is 2. The predicted octanol–water partition coefficient (Wildman–Crippen LogP) is 3.94. The summed E-state index contributed by atoms with van der Waals surface area (Å²) in [6.07, 6.45) is 5.15. The van der Waals surface area contributed by atoms with Crippen LogP contribution in [0.2, 0.25) is 0 Å². The normalized spacial score (nSPS) is 11.1. The summed E-state index contributed by atoms with van der Waals surface area (Å²) in [5.74, 6) is 0. The Morgan fingerprint density at radius 3 is 2.50 bits per heavy atom. The van der Waals surface area contributed by atoms with Crippen molar-refractivity contribution in [1.29, 1.82) is 0 Å². The Bertz CT molecular complexity index is 1070. The van der Waals surface area contributed by atoms with Gasteiger partial charge in [-0.15, -0.1) is 12.4 Å². The van der Waals surface area contributed by atoms with Crippen LogP contribution in [0.4, 0.5) is 0 Å². The highest BCUT2D eigenvalue weighted by Crippen LogP contribution is 2.28. The monoisotopic (exact) mass is 340 g/mol. The Kier molecular flexibility index (Phi) is 4.11. The van der Waals surface area contributed by atoms with Crippen molar-refractivity contribution in [3.63, 3.8) is 0 Å². The molecule has 6 heteroatoms. The van der Waals surface area contributed by atoms with E-state index in [-0.39, 0.29) is 24.0 Å². The molecule has 0 saturated carbocycles. The van der Waals surface area contributed by atoms with Gasteiger partial charge in [0.15, 0.2) is 0 Å². The Morgan fingerprint density at radius 1 is 1.04 bits per heavy atom. The lowest BCUT2D eigenvalue weighted by Crippen LogP contribution is -2.22. The van der Waals surface area contributed by atoms with Gasteiger partial charge in [-0.1, -0.05) is 12.1 Å². The van der Waals surface area contributed by atoms with E-state index in [2.05, 4.69) is 27.3 Å². The number of H-pyrrole nitrogens is 1. The molecule has 3 aromatic heterocycles. The van der Waals surface area contributed by atoms with Crippen molar-refractivity contribution in [2.24, 2.45) is 0 Å². The molecule has 0 aliphatic carbocycles. The fourth-order valence-electron chi connectivity index (χ4n) is 3.07. The number of aromatic amines is 1. The zero-order valence-corrected chi connectivity index (χ0v) is 14.2. The van der Waals surface area contributed by atoms with Gasteiger partial charge in [0.05, 0.1) is 22.6 Å². The van der Waals surface area contributed by atoms with Gasteiger partial charge >= 0.3 is 0 Å². The Hall–Kier alpha value is -2.66. The first kappa shape index (κ1) is 16.2. The summed E-state index contributed by atoms with van der Waals surface area (Å²) in [5, 5.41) is 8.63. The van der Waals surface area contributed by atoms with E-state index in [0.717, 1.165) is 27.5 Å². The van der Waals surface area contributed by atoms with Crippen molar-refractivity contribution in [3.05, 3.63) is 59.3 Å². The number of rotatable bonds is 2. The van der Waals surface area contributed by atoms with Crippen LogP contribution in [0.25, 0.3) is 32.9 Å². The number of nitrogens with one attached hydrogen (secondary N) is 1. The van der Waals surface area contributed by atoms with Crippen molar-refractivity contribution in [2.45, 2.75) is 19.9 Å². The average molecular weight is 341 g/mol. The van der Waals surface area contributed by atoms with Crippen LogP contribution in [0.5, 0.6) is 0 Å². The molecule has 5 nitrogen and oxygen atoms in total. The van der Waals surface area contributed by atoms with Gasteiger partial charge in [-0.2, -0.15) is 5.10 Å². The van der Waals surface area contributed by atoms with Crippen LogP contribution in [-0.2, 0) is 0 Å².